The Kier molecular flexibility index (Phi) is 3.78. The first-order chi connectivity index (χ1) is 9.74. The van der Waals surface area contributed by atoms with Crippen molar-refractivity contribution in [3.05, 3.63) is 24.3 Å². The number of anilines is 2. The van der Waals surface area contributed by atoms with Crippen molar-refractivity contribution < 1.29 is 9.53 Å². The van der Waals surface area contributed by atoms with Crippen LogP contribution in [0.5, 0.6) is 0 Å². The summed E-state index contributed by atoms with van der Waals surface area (Å²) in [5.74, 6) is 0. The Morgan fingerprint density at radius 1 is 1.30 bits per heavy atom. The quantitative estimate of drug-likeness (QED) is 0.886. The number of nitrogens with zero attached hydrogens (tertiary/aromatic N) is 1. The first-order valence-electron chi connectivity index (χ1n) is 7.20. The topological polar surface area (TPSA) is 53.6 Å². The summed E-state index contributed by atoms with van der Waals surface area (Å²) in [5.41, 5.74) is 1.79. The number of carbonyl (C=O) groups excluding carboxylic acids is 1. The summed E-state index contributed by atoms with van der Waals surface area (Å²) in [6.45, 7) is 2.32. The summed E-state index contributed by atoms with van der Waals surface area (Å²) >= 11 is 0. The van der Waals surface area contributed by atoms with Crippen molar-refractivity contribution >= 4 is 17.5 Å². The molecule has 1 aromatic carbocycles. The maximum Gasteiger partial charge on any atom is 0.411 e. The molecule has 108 valence electrons. The third kappa shape index (κ3) is 3.22. The van der Waals surface area contributed by atoms with E-state index in [1.54, 1.807) is 0 Å². The fourth-order valence-corrected chi connectivity index (χ4v) is 2.77. The van der Waals surface area contributed by atoms with Gasteiger partial charge >= 0.3 is 6.09 Å². The SMILES string of the molecule is COC(=O)Nc1cccc(NC2CCN(C3CC3)C2)c1. The van der Waals surface area contributed by atoms with Crippen molar-refractivity contribution in [1.82, 2.24) is 4.90 Å². The van der Waals surface area contributed by atoms with Gasteiger partial charge in [-0.3, -0.25) is 10.2 Å². The summed E-state index contributed by atoms with van der Waals surface area (Å²) in [7, 11) is 1.36. The van der Waals surface area contributed by atoms with Crippen molar-refractivity contribution in [3.8, 4) is 0 Å². The Hall–Kier alpha value is -1.75. The van der Waals surface area contributed by atoms with Gasteiger partial charge < -0.3 is 10.1 Å². The molecule has 0 aromatic heterocycles. The summed E-state index contributed by atoms with van der Waals surface area (Å²) < 4.78 is 4.60. The van der Waals surface area contributed by atoms with Gasteiger partial charge in [0.25, 0.3) is 0 Å². The van der Waals surface area contributed by atoms with E-state index in [-0.39, 0.29) is 0 Å². The van der Waals surface area contributed by atoms with Crippen LogP contribution in [0.25, 0.3) is 0 Å². The molecule has 0 radical (unpaired) electrons. The van der Waals surface area contributed by atoms with Gasteiger partial charge in [0, 0.05) is 36.5 Å². The first-order valence-corrected chi connectivity index (χ1v) is 7.20. The third-order valence-corrected chi connectivity index (χ3v) is 3.95. The summed E-state index contributed by atoms with van der Waals surface area (Å²) in [5, 5.41) is 6.23. The third-order valence-electron chi connectivity index (χ3n) is 3.95. The highest BCUT2D eigenvalue weighted by atomic mass is 16.5. The number of methoxy groups -OCH3 is 1. The van der Waals surface area contributed by atoms with Crippen LogP contribution in [0.2, 0.25) is 0 Å². The van der Waals surface area contributed by atoms with E-state index in [1.807, 2.05) is 24.3 Å². The number of nitrogens with one attached hydrogen (secondary N) is 2. The number of likely N-dealkylation sites (tertiary alicyclic amines) is 1. The van der Waals surface area contributed by atoms with Crippen LogP contribution in [0.4, 0.5) is 16.2 Å². The summed E-state index contributed by atoms with van der Waals surface area (Å²) in [6.07, 6.45) is 3.48. The van der Waals surface area contributed by atoms with Crippen LogP contribution in [0.15, 0.2) is 24.3 Å². The molecular formula is C15H21N3O2. The number of carbonyl (C=O) groups is 1. The Morgan fingerprint density at radius 3 is 2.85 bits per heavy atom. The number of hydrogen-bond donors (Lipinski definition) is 2. The Labute approximate surface area is 119 Å². The van der Waals surface area contributed by atoms with E-state index in [0.717, 1.165) is 24.0 Å². The molecule has 1 aliphatic carbocycles. The van der Waals surface area contributed by atoms with E-state index in [2.05, 4.69) is 20.3 Å². The van der Waals surface area contributed by atoms with Gasteiger partial charge in [0.05, 0.1) is 7.11 Å². The van der Waals surface area contributed by atoms with Crippen molar-refractivity contribution in [2.45, 2.75) is 31.3 Å². The maximum atomic E-state index is 11.2. The monoisotopic (exact) mass is 275 g/mol. The average Bonchev–Trinajstić information content (AvgIpc) is 3.20. The minimum atomic E-state index is -0.442. The predicted molar refractivity (Wildman–Crippen MR) is 79.1 cm³/mol. The molecule has 5 heteroatoms. The second-order valence-electron chi connectivity index (χ2n) is 5.55. The fraction of sp³-hybridized carbons (Fsp3) is 0.533. The van der Waals surface area contributed by atoms with Crippen molar-refractivity contribution in [2.24, 2.45) is 0 Å². The lowest BCUT2D eigenvalue weighted by molar-refractivity contribution is 0.187. The molecule has 1 atom stereocenters. The number of hydrogen-bond acceptors (Lipinski definition) is 4. The van der Waals surface area contributed by atoms with Gasteiger partial charge in [0.2, 0.25) is 0 Å². The lowest BCUT2D eigenvalue weighted by atomic mass is 10.2. The second kappa shape index (κ2) is 5.71. The second-order valence-corrected chi connectivity index (χ2v) is 5.55. The maximum absolute atomic E-state index is 11.2. The van der Waals surface area contributed by atoms with Crippen LogP contribution >= 0.6 is 0 Å². The molecular weight excluding hydrogens is 254 g/mol. The molecule has 1 saturated carbocycles. The molecule has 2 aliphatic rings. The van der Waals surface area contributed by atoms with Gasteiger partial charge in [-0.1, -0.05) is 6.07 Å². The van der Waals surface area contributed by atoms with Crippen LogP contribution in [-0.4, -0.2) is 43.3 Å². The molecule has 2 N–H and O–H groups in total. The molecule has 1 unspecified atom stereocenters. The highest BCUT2D eigenvalue weighted by Gasteiger charge is 2.34. The first kappa shape index (κ1) is 13.2. The van der Waals surface area contributed by atoms with E-state index in [9.17, 15) is 4.79 Å². The van der Waals surface area contributed by atoms with E-state index in [4.69, 9.17) is 0 Å². The van der Waals surface area contributed by atoms with Gasteiger partial charge in [0.15, 0.2) is 0 Å². The average molecular weight is 275 g/mol. The summed E-state index contributed by atoms with van der Waals surface area (Å²) in [6, 6.07) is 9.10. The molecule has 3 rings (SSSR count). The van der Waals surface area contributed by atoms with Crippen LogP contribution in [0.3, 0.4) is 0 Å². The smallest absolute Gasteiger partial charge is 0.411 e. The van der Waals surface area contributed by atoms with Crippen LogP contribution < -0.4 is 10.6 Å². The zero-order valence-electron chi connectivity index (χ0n) is 11.8. The van der Waals surface area contributed by atoms with Gasteiger partial charge in [0.1, 0.15) is 0 Å². The molecule has 0 spiro atoms. The van der Waals surface area contributed by atoms with Crippen molar-refractivity contribution in [2.75, 3.05) is 30.8 Å². The zero-order chi connectivity index (χ0) is 13.9. The van der Waals surface area contributed by atoms with Crippen LogP contribution in [0.1, 0.15) is 19.3 Å². The molecule has 20 heavy (non-hydrogen) atoms. The molecule has 2 fully saturated rings. The van der Waals surface area contributed by atoms with Gasteiger partial charge in [-0.25, -0.2) is 4.79 Å². The Morgan fingerprint density at radius 2 is 2.10 bits per heavy atom. The zero-order valence-corrected chi connectivity index (χ0v) is 11.8. The number of amides is 1. The molecule has 1 heterocycles. The van der Waals surface area contributed by atoms with E-state index in [0.29, 0.717) is 6.04 Å². The molecule has 1 aliphatic heterocycles. The van der Waals surface area contributed by atoms with Crippen molar-refractivity contribution in [1.29, 1.82) is 0 Å². The number of ether oxygens (including phenoxy) is 1. The van der Waals surface area contributed by atoms with Gasteiger partial charge in [-0.2, -0.15) is 0 Å². The lowest BCUT2D eigenvalue weighted by Gasteiger charge is -2.17. The molecule has 1 amide bonds. The number of benzene rings is 1. The van der Waals surface area contributed by atoms with Crippen LogP contribution in [0, 0.1) is 0 Å². The summed E-state index contributed by atoms with van der Waals surface area (Å²) in [4.78, 5) is 13.8. The molecule has 5 nitrogen and oxygen atoms in total. The van der Waals surface area contributed by atoms with Gasteiger partial charge in [-0.15, -0.1) is 0 Å². The standard InChI is InChI=1S/C15H21N3O2/c1-20-15(19)17-12-4-2-3-11(9-12)16-13-7-8-18(10-13)14-5-6-14/h2-4,9,13-14,16H,5-8,10H2,1H3,(H,17,19). The minimum absolute atomic E-state index is 0.442. The lowest BCUT2D eigenvalue weighted by Crippen LogP contribution is -2.27. The Bertz CT molecular complexity index is 488. The van der Waals surface area contributed by atoms with E-state index >= 15 is 0 Å². The highest BCUT2D eigenvalue weighted by molar-refractivity contribution is 5.85. The van der Waals surface area contributed by atoms with Crippen LogP contribution in [-0.2, 0) is 4.74 Å². The van der Waals surface area contributed by atoms with E-state index < -0.39 is 6.09 Å². The molecule has 1 aromatic rings. The van der Waals surface area contributed by atoms with Gasteiger partial charge in [-0.05, 0) is 37.5 Å². The molecule has 1 saturated heterocycles. The molecule has 0 bridgehead atoms. The number of rotatable bonds is 4. The highest BCUT2D eigenvalue weighted by Crippen LogP contribution is 2.30. The van der Waals surface area contributed by atoms with Crippen molar-refractivity contribution in [3.63, 3.8) is 0 Å². The van der Waals surface area contributed by atoms with E-state index in [1.165, 1.54) is 32.9 Å². The minimum Gasteiger partial charge on any atom is -0.453 e. The largest absolute Gasteiger partial charge is 0.453 e. The predicted octanol–water partition coefficient (Wildman–Crippen LogP) is 2.51. The fourth-order valence-electron chi connectivity index (χ4n) is 2.77. The Balaban J connectivity index is 1.57. The normalized spacial score (nSPS) is 22.6.